The van der Waals surface area contributed by atoms with Crippen molar-refractivity contribution in [3.05, 3.63) is 5.28 Å². The minimum atomic E-state index is -1.05. The fourth-order valence-corrected chi connectivity index (χ4v) is 0.863. The molecule has 0 saturated carbocycles. The van der Waals surface area contributed by atoms with Crippen molar-refractivity contribution < 1.29 is 4.74 Å². The molecule has 1 aromatic rings. The molecule has 0 saturated heterocycles. The first-order valence-electron chi connectivity index (χ1n) is 3.71. The molecule has 1 rings (SSSR count). The number of nitriles is 2. The van der Waals surface area contributed by atoms with Gasteiger partial charge in [-0.25, -0.2) is 0 Å². The minimum Gasteiger partial charge on any atom is -0.467 e. The van der Waals surface area contributed by atoms with Crippen molar-refractivity contribution in [3.8, 4) is 18.1 Å². The number of methoxy groups -OCH3 is 1. The van der Waals surface area contributed by atoms with Crippen molar-refractivity contribution in [2.45, 2.75) is 6.04 Å². The lowest BCUT2D eigenvalue weighted by atomic mass is 10.4. The van der Waals surface area contributed by atoms with E-state index < -0.39 is 6.04 Å². The third-order valence-electron chi connectivity index (χ3n) is 1.30. The Morgan fingerprint density at radius 1 is 1.33 bits per heavy atom. The molecule has 0 aliphatic rings. The molecule has 1 aromatic heterocycles. The molecule has 1 heterocycles. The number of aromatic nitrogens is 3. The van der Waals surface area contributed by atoms with Crippen LogP contribution in [0.25, 0.3) is 0 Å². The average Bonchev–Trinajstić information content (AvgIpc) is 2.25. The summed E-state index contributed by atoms with van der Waals surface area (Å²) in [4.78, 5) is 11.0. The molecule has 7 nitrogen and oxygen atoms in total. The van der Waals surface area contributed by atoms with E-state index in [0.29, 0.717) is 0 Å². The van der Waals surface area contributed by atoms with Crippen molar-refractivity contribution >= 4 is 17.5 Å². The quantitative estimate of drug-likeness (QED) is 0.790. The first-order chi connectivity index (χ1) is 7.19. The van der Waals surface area contributed by atoms with Crippen molar-refractivity contribution in [2.24, 2.45) is 0 Å². The summed E-state index contributed by atoms with van der Waals surface area (Å²) in [5.74, 6) is 0.0138. The van der Waals surface area contributed by atoms with E-state index in [1.54, 1.807) is 12.1 Å². The fraction of sp³-hybridized carbons (Fsp3) is 0.286. The third-order valence-corrected chi connectivity index (χ3v) is 1.47. The molecule has 0 fully saturated rings. The normalized spacial score (nSPS) is 9.13. The Morgan fingerprint density at radius 2 is 2.00 bits per heavy atom. The highest BCUT2D eigenvalue weighted by molar-refractivity contribution is 6.28. The lowest BCUT2D eigenvalue weighted by molar-refractivity contribution is 0.379. The van der Waals surface area contributed by atoms with Gasteiger partial charge in [-0.3, -0.25) is 0 Å². The zero-order chi connectivity index (χ0) is 11.3. The molecule has 0 aromatic carbocycles. The fourth-order valence-electron chi connectivity index (χ4n) is 0.710. The van der Waals surface area contributed by atoms with Crippen LogP contribution in [0.5, 0.6) is 6.01 Å². The summed E-state index contributed by atoms with van der Waals surface area (Å²) >= 11 is 5.55. The Kier molecular flexibility index (Phi) is 3.61. The van der Waals surface area contributed by atoms with E-state index >= 15 is 0 Å². The van der Waals surface area contributed by atoms with Crippen molar-refractivity contribution in [2.75, 3.05) is 12.4 Å². The number of rotatable bonds is 3. The highest BCUT2D eigenvalue weighted by Crippen LogP contribution is 2.11. The molecular formula is C7H5ClN6O. The number of hydrogen-bond donors (Lipinski definition) is 1. The Balaban J connectivity index is 2.92. The summed E-state index contributed by atoms with van der Waals surface area (Å²) < 4.78 is 4.73. The number of nitrogens with zero attached hydrogens (tertiary/aromatic N) is 5. The predicted octanol–water partition coefficient (Wildman–Crippen LogP) is 0.361. The van der Waals surface area contributed by atoms with Gasteiger partial charge in [0.1, 0.15) is 12.1 Å². The van der Waals surface area contributed by atoms with Crippen LogP contribution >= 0.6 is 11.6 Å². The van der Waals surface area contributed by atoms with Crippen molar-refractivity contribution in [3.63, 3.8) is 0 Å². The molecule has 0 radical (unpaired) electrons. The summed E-state index contributed by atoms with van der Waals surface area (Å²) in [6, 6.07) is 2.36. The van der Waals surface area contributed by atoms with Gasteiger partial charge >= 0.3 is 6.01 Å². The molecule has 0 aliphatic heterocycles. The van der Waals surface area contributed by atoms with Gasteiger partial charge in [-0.05, 0) is 11.6 Å². The van der Waals surface area contributed by atoms with Crippen LogP contribution in [-0.2, 0) is 0 Å². The first-order valence-corrected chi connectivity index (χ1v) is 4.08. The lowest BCUT2D eigenvalue weighted by Gasteiger charge is -2.04. The van der Waals surface area contributed by atoms with Crippen LogP contribution in [0.3, 0.4) is 0 Å². The second-order valence-electron chi connectivity index (χ2n) is 2.25. The van der Waals surface area contributed by atoms with Crippen LogP contribution in [0.15, 0.2) is 0 Å². The van der Waals surface area contributed by atoms with Crippen LogP contribution in [-0.4, -0.2) is 28.1 Å². The van der Waals surface area contributed by atoms with Crippen LogP contribution in [0, 0.1) is 22.7 Å². The molecule has 0 amide bonds. The maximum absolute atomic E-state index is 8.51. The van der Waals surface area contributed by atoms with Crippen LogP contribution in [0.4, 0.5) is 5.95 Å². The van der Waals surface area contributed by atoms with Crippen LogP contribution in [0.2, 0.25) is 5.28 Å². The monoisotopic (exact) mass is 224 g/mol. The van der Waals surface area contributed by atoms with Crippen LogP contribution in [0.1, 0.15) is 0 Å². The maximum atomic E-state index is 8.51. The summed E-state index contributed by atoms with van der Waals surface area (Å²) in [5.41, 5.74) is 0. The second kappa shape index (κ2) is 4.94. The topological polar surface area (TPSA) is 108 Å². The maximum Gasteiger partial charge on any atom is 0.322 e. The summed E-state index contributed by atoms with van der Waals surface area (Å²) in [5, 5.41) is 19.4. The standard InChI is InChI=1S/C7H5ClN6O/c1-15-7-13-5(8)12-6(14-7)11-4(2-9)3-10/h4H,1H3,(H,11,12,13,14). The third kappa shape index (κ3) is 2.93. The first kappa shape index (κ1) is 11.0. The Labute approximate surface area is 90.3 Å². The Hall–Kier alpha value is -2.12. The summed E-state index contributed by atoms with van der Waals surface area (Å²) in [6.07, 6.45) is 0. The lowest BCUT2D eigenvalue weighted by Crippen LogP contribution is -2.17. The van der Waals surface area contributed by atoms with Gasteiger partial charge < -0.3 is 10.1 Å². The molecule has 0 bridgehead atoms. The van der Waals surface area contributed by atoms with Gasteiger partial charge in [-0.2, -0.15) is 25.5 Å². The molecule has 0 atom stereocenters. The molecule has 0 spiro atoms. The number of ether oxygens (including phenoxy) is 1. The highest BCUT2D eigenvalue weighted by atomic mass is 35.5. The van der Waals surface area contributed by atoms with Crippen LogP contribution < -0.4 is 10.1 Å². The molecule has 15 heavy (non-hydrogen) atoms. The van der Waals surface area contributed by atoms with Gasteiger partial charge in [0.25, 0.3) is 0 Å². The Bertz CT molecular complexity index is 422. The molecule has 8 heteroatoms. The molecule has 1 N–H and O–H groups in total. The average molecular weight is 225 g/mol. The Morgan fingerprint density at radius 3 is 2.53 bits per heavy atom. The smallest absolute Gasteiger partial charge is 0.322 e. The molecule has 0 unspecified atom stereocenters. The van der Waals surface area contributed by atoms with Crippen molar-refractivity contribution in [1.82, 2.24) is 15.0 Å². The minimum absolute atomic E-state index is 0.00660. The summed E-state index contributed by atoms with van der Waals surface area (Å²) in [7, 11) is 1.36. The second-order valence-corrected chi connectivity index (χ2v) is 2.59. The zero-order valence-corrected chi connectivity index (χ0v) is 8.36. The van der Waals surface area contributed by atoms with Gasteiger partial charge in [-0.1, -0.05) is 0 Å². The number of anilines is 1. The number of halogens is 1. The largest absolute Gasteiger partial charge is 0.467 e. The van der Waals surface area contributed by atoms with E-state index in [9.17, 15) is 0 Å². The molecule has 0 aliphatic carbocycles. The number of hydrogen-bond acceptors (Lipinski definition) is 7. The van der Waals surface area contributed by atoms with E-state index in [2.05, 4.69) is 20.3 Å². The van der Waals surface area contributed by atoms with E-state index in [1.807, 2.05) is 0 Å². The van der Waals surface area contributed by atoms with E-state index in [0.717, 1.165) is 0 Å². The highest BCUT2D eigenvalue weighted by Gasteiger charge is 2.09. The van der Waals surface area contributed by atoms with Gasteiger partial charge in [0.05, 0.1) is 7.11 Å². The van der Waals surface area contributed by atoms with Gasteiger partial charge in [-0.15, -0.1) is 0 Å². The molecular weight excluding hydrogens is 220 g/mol. The van der Waals surface area contributed by atoms with Gasteiger partial charge in [0.2, 0.25) is 17.3 Å². The number of nitrogens with one attached hydrogen (secondary N) is 1. The zero-order valence-electron chi connectivity index (χ0n) is 7.60. The van der Waals surface area contributed by atoms with E-state index in [4.69, 9.17) is 26.9 Å². The van der Waals surface area contributed by atoms with E-state index in [1.165, 1.54) is 7.11 Å². The van der Waals surface area contributed by atoms with Crippen molar-refractivity contribution in [1.29, 1.82) is 10.5 Å². The SMILES string of the molecule is COc1nc(Cl)nc(NC(C#N)C#N)n1. The van der Waals surface area contributed by atoms with Gasteiger partial charge in [0, 0.05) is 0 Å². The van der Waals surface area contributed by atoms with E-state index in [-0.39, 0.29) is 17.2 Å². The summed E-state index contributed by atoms with van der Waals surface area (Å²) in [6.45, 7) is 0. The molecule has 76 valence electrons. The predicted molar refractivity (Wildman–Crippen MR) is 50.0 cm³/mol. The van der Waals surface area contributed by atoms with Gasteiger partial charge in [0.15, 0.2) is 0 Å².